The minimum absolute atomic E-state index is 0.0765. The van der Waals surface area contributed by atoms with Crippen molar-refractivity contribution in [3.63, 3.8) is 0 Å². The summed E-state index contributed by atoms with van der Waals surface area (Å²) in [5, 5.41) is 10.4. The van der Waals surface area contributed by atoms with E-state index in [9.17, 15) is 9.90 Å². The number of aryl methyl sites for hydroxylation is 1. The van der Waals surface area contributed by atoms with Gasteiger partial charge in [-0.15, -0.1) is 0 Å². The van der Waals surface area contributed by atoms with Crippen molar-refractivity contribution < 1.29 is 14.6 Å². The topological polar surface area (TPSA) is 46.5 Å². The van der Waals surface area contributed by atoms with Crippen molar-refractivity contribution in [3.05, 3.63) is 63.2 Å². The van der Waals surface area contributed by atoms with E-state index in [-0.39, 0.29) is 11.5 Å². The summed E-state index contributed by atoms with van der Waals surface area (Å²) in [7, 11) is 1.61. The van der Waals surface area contributed by atoms with Gasteiger partial charge in [-0.25, -0.2) is 0 Å². The number of hydrogen-bond donors (Lipinski definition) is 1. The van der Waals surface area contributed by atoms with Crippen LogP contribution < -0.4 is 4.74 Å². The molecule has 3 heteroatoms. The number of methoxy groups -OCH3 is 1. The fraction of sp³-hybridized carbons (Fsp3) is 0.286. The number of phenolic OH excluding ortho intramolecular Hbond substituents is 1. The van der Waals surface area contributed by atoms with E-state index in [1.807, 2.05) is 52.8 Å². The Balaban J connectivity index is 2.45. The van der Waals surface area contributed by atoms with Crippen LogP contribution in [0.4, 0.5) is 0 Å². The highest BCUT2D eigenvalue weighted by Crippen LogP contribution is 2.32. The molecule has 126 valence electrons. The normalized spacial score (nSPS) is 11.1. The first-order chi connectivity index (χ1) is 11.3. The third kappa shape index (κ3) is 3.21. The molecular formula is C21H24O3. The van der Waals surface area contributed by atoms with Crippen molar-refractivity contribution in [2.24, 2.45) is 0 Å². The minimum atomic E-state index is -0.196. The first-order valence-electron chi connectivity index (χ1n) is 7.94. The van der Waals surface area contributed by atoms with Gasteiger partial charge < -0.3 is 9.84 Å². The Labute approximate surface area is 143 Å². The molecule has 0 bridgehead atoms. The number of ketones is 1. The van der Waals surface area contributed by atoms with E-state index < -0.39 is 0 Å². The smallest absolute Gasteiger partial charge is 0.189 e. The van der Waals surface area contributed by atoms with Crippen LogP contribution in [0.5, 0.6) is 11.5 Å². The number of carbonyl (C=O) groups is 1. The summed E-state index contributed by atoms with van der Waals surface area (Å²) in [5.74, 6) is 0.625. The molecule has 0 amide bonds. The summed E-state index contributed by atoms with van der Waals surface area (Å²) < 4.78 is 5.23. The molecule has 0 fully saturated rings. The highest BCUT2D eigenvalue weighted by Gasteiger charge is 2.18. The maximum absolute atomic E-state index is 12.7. The lowest BCUT2D eigenvalue weighted by molar-refractivity contribution is 0.104. The standard InChI is InChI=1S/C21H24O3/c1-12-7-9-18(24-6)11-17(12)8-10-19(22)20-15(4)13(2)14(3)16(5)21(20)23/h7-11,23H,1-6H3/b10-8+. The van der Waals surface area contributed by atoms with Crippen LogP contribution in [0, 0.1) is 34.6 Å². The highest BCUT2D eigenvalue weighted by atomic mass is 16.5. The second kappa shape index (κ2) is 6.91. The summed E-state index contributed by atoms with van der Waals surface area (Å²) in [5.41, 5.74) is 6.00. The summed E-state index contributed by atoms with van der Waals surface area (Å²) in [6, 6.07) is 5.72. The van der Waals surface area contributed by atoms with Gasteiger partial charge in [-0.1, -0.05) is 12.1 Å². The zero-order valence-corrected chi connectivity index (χ0v) is 15.2. The van der Waals surface area contributed by atoms with E-state index in [4.69, 9.17) is 4.74 Å². The number of ether oxygens (including phenoxy) is 1. The molecule has 24 heavy (non-hydrogen) atoms. The van der Waals surface area contributed by atoms with E-state index >= 15 is 0 Å². The molecule has 0 atom stereocenters. The van der Waals surface area contributed by atoms with Gasteiger partial charge in [0.05, 0.1) is 12.7 Å². The van der Waals surface area contributed by atoms with Gasteiger partial charge >= 0.3 is 0 Å². The van der Waals surface area contributed by atoms with Gasteiger partial charge in [-0.3, -0.25) is 4.79 Å². The van der Waals surface area contributed by atoms with Gasteiger partial charge in [-0.2, -0.15) is 0 Å². The van der Waals surface area contributed by atoms with E-state index in [1.165, 1.54) is 6.08 Å². The van der Waals surface area contributed by atoms with Crippen molar-refractivity contribution in [2.45, 2.75) is 34.6 Å². The van der Waals surface area contributed by atoms with Crippen LogP contribution in [0.3, 0.4) is 0 Å². The molecule has 0 aromatic heterocycles. The van der Waals surface area contributed by atoms with Gasteiger partial charge in [0, 0.05) is 0 Å². The number of benzene rings is 2. The predicted molar refractivity (Wildman–Crippen MR) is 98.2 cm³/mol. The molecule has 2 aromatic rings. The zero-order valence-electron chi connectivity index (χ0n) is 15.2. The molecule has 0 aliphatic heterocycles. The molecule has 0 aliphatic carbocycles. The fourth-order valence-electron chi connectivity index (χ4n) is 2.77. The molecule has 1 N–H and O–H groups in total. The van der Waals surface area contributed by atoms with Crippen molar-refractivity contribution in [1.29, 1.82) is 0 Å². The van der Waals surface area contributed by atoms with Gasteiger partial charge in [0.25, 0.3) is 0 Å². The summed E-state index contributed by atoms with van der Waals surface area (Å²) in [6.07, 6.45) is 3.28. The lowest BCUT2D eigenvalue weighted by Crippen LogP contribution is -2.04. The molecule has 0 unspecified atom stereocenters. The molecule has 2 aromatic carbocycles. The minimum Gasteiger partial charge on any atom is -0.507 e. The number of carbonyl (C=O) groups excluding carboxylic acids is 1. The Morgan fingerprint density at radius 1 is 1.00 bits per heavy atom. The van der Waals surface area contributed by atoms with Crippen LogP contribution in [0.25, 0.3) is 6.08 Å². The number of hydrogen-bond acceptors (Lipinski definition) is 3. The molecule has 3 nitrogen and oxygen atoms in total. The van der Waals surface area contributed by atoms with Gasteiger partial charge in [0.1, 0.15) is 11.5 Å². The van der Waals surface area contributed by atoms with Crippen LogP contribution >= 0.6 is 0 Å². The number of phenols is 1. The largest absolute Gasteiger partial charge is 0.507 e. The molecular weight excluding hydrogens is 300 g/mol. The van der Waals surface area contributed by atoms with Crippen molar-refractivity contribution in [2.75, 3.05) is 7.11 Å². The Morgan fingerprint density at radius 3 is 2.25 bits per heavy atom. The van der Waals surface area contributed by atoms with Crippen molar-refractivity contribution in [3.8, 4) is 11.5 Å². The molecule has 0 saturated carbocycles. The molecule has 0 aliphatic rings. The lowest BCUT2D eigenvalue weighted by atomic mass is 9.91. The maximum Gasteiger partial charge on any atom is 0.189 e. The number of rotatable bonds is 4. The van der Waals surface area contributed by atoms with Crippen molar-refractivity contribution in [1.82, 2.24) is 0 Å². The molecule has 2 rings (SSSR count). The van der Waals surface area contributed by atoms with Crippen LogP contribution in [0.15, 0.2) is 24.3 Å². The first-order valence-corrected chi connectivity index (χ1v) is 7.94. The summed E-state index contributed by atoms with van der Waals surface area (Å²) >= 11 is 0. The summed E-state index contributed by atoms with van der Waals surface area (Å²) in [6.45, 7) is 9.63. The van der Waals surface area contributed by atoms with E-state index in [1.54, 1.807) is 13.2 Å². The molecule has 0 heterocycles. The van der Waals surface area contributed by atoms with Gasteiger partial charge in [0.2, 0.25) is 0 Å². The van der Waals surface area contributed by atoms with E-state index in [0.717, 1.165) is 39.1 Å². The summed E-state index contributed by atoms with van der Waals surface area (Å²) in [4.78, 5) is 12.7. The quantitative estimate of drug-likeness (QED) is 0.646. The molecule has 0 radical (unpaired) electrons. The van der Waals surface area contributed by atoms with Crippen LogP contribution in [-0.2, 0) is 0 Å². The fourth-order valence-corrected chi connectivity index (χ4v) is 2.77. The Morgan fingerprint density at radius 2 is 1.62 bits per heavy atom. The first kappa shape index (κ1) is 17.8. The van der Waals surface area contributed by atoms with Crippen LogP contribution in [0.2, 0.25) is 0 Å². The molecule has 0 spiro atoms. The third-order valence-corrected chi connectivity index (χ3v) is 4.80. The van der Waals surface area contributed by atoms with E-state index in [2.05, 4.69) is 0 Å². The monoisotopic (exact) mass is 324 g/mol. The average Bonchev–Trinajstić information content (AvgIpc) is 2.57. The van der Waals surface area contributed by atoms with Crippen LogP contribution in [-0.4, -0.2) is 18.0 Å². The highest BCUT2D eigenvalue weighted by molar-refractivity contribution is 6.10. The third-order valence-electron chi connectivity index (χ3n) is 4.80. The Bertz CT molecular complexity index is 800. The SMILES string of the molecule is COc1ccc(C)c(/C=C/C(=O)c2c(C)c(C)c(C)c(C)c2O)c1. The Kier molecular flexibility index (Phi) is 5.13. The van der Waals surface area contributed by atoms with Crippen LogP contribution in [0.1, 0.15) is 43.7 Å². The second-order valence-corrected chi connectivity index (χ2v) is 6.14. The zero-order chi connectivity index (χ0) is 18.0. The van der Waals surface area contributed by atoms with Gasteiger partial charge in [-0.05, 0) is 86.2 Å². The molecule has 0 saturated heterocycles. The van der Waals surface area contributed by atoms with Gasteiger partial charge in [0.15, 0.2) is 5.78 Å². The maximum atomic E-state index is 12.7. The Hall–Kier alpha value is -2.55. The van der Waals surface area contributed by atoms with E-state index in [0.29, 0.717) is 5.56 Å². The average molecular weight is 324 g/mol. The lowest BCUT2D eigenvalue weighted by Gasteiger charge is -2.15. The van der Waals surface area contributed by atoms with Crippen molar-refractivity contribution >= 4 is 11.9 Å². The second-order valence-electron chi connectivity index (χ2n) is 6.14. The number of allylic oxidation sites excluding steroid dienone is 1. The number of aromatic hydroxyl groups is 1. The predicted octanol–water partition coefficient (Wildman–Crippen LogP) is 4.84.